The van der Waals surface area contributed by atoms with Crippen LogP contribution in [0, 0.1) is 0 Å². The van der Waals surface area contributed by atoms with Crippen molar-refractivity contribution in [3.63, 3.8) is 0 Å². The van der Waals surface area contributed by atoms with Gasteiger partial charge in [-0.25, -0.2) is 4.79 Å². The number of unbranched alkanes of at least 4 members (excludes halogenated alkanes) is 1. The highest BCUT2D eigenvalue weighted by Crippen LogP contribution is 2.18. The Kier molecular flexibility index (Phi) is 3.33. The SMILES string of the molecule is Cn1c(=O)n(C)c2c(CCCCN)cccc21. The van der Waals surface area contributed by atoms with Crippen molar-refractivity contribution in [1.82, 2.24) is 9.13 Å². The number of rotatable bonds is 4. The first-order chi connectivity index (χ1) is 8.16. The third-order valence-corrected chi connectivity index (χ3v) is 3.27. The highest BCUT2D eigenvalue weighted by molar-refractivity contribution is 5.79. The number of hydrogen-bond donors (Lipinski definition) is 1. The van der Waals surface area contributed by atoms with Crippen LogP contribution in [-0.2, 0) is 20.5 Å². The Bertz CT molecular complexity index is 580. The quantitative estimate of drug-likeness (QED) is 0.806. The second kappa shape index (κ2) is 4.75. The lowest BCUT2D eigenvalue weighted by Gasteiger charge is -2.04. The first kappa shape index (κ1) is 11.9. The second-order valence-corrected chi connectivity index (χ2v) is 4.43. The Morgan fingerprint density at radius 1 is 1.18 bits per heavy atom. The van der Waals surface area contributed by atoms with Gasteiger partial charge in [-0.05, 0) is 37.4 Å². The zero-order valence-electron chi connectivity index (χ0n) is 10.4. The number of fused-ring (bicyclic) bond motifs is 1. The van der Waals surface area contributed by atoms with Crippen molar-refractivity contribution in [3.05, 3.63) is 34.2 Å². The molecule has 0 bridgehead atoms. The zero-order valence-corrected chi connectivity index (χ0v) is 10.4. The average Bonchev–Trinajstić information content (AvgIpc) is 2.56. The topological polar surface area (TPSA) is 53.0 Å². The molecule has 0 radical (unpaired) electrons. The molecule has 2 rings (SSSR count). The fourth-order valence-electron chi connectivity index (χ4n) is 2.32. The summed E-state index contributed by atoms with van der Waals surface area (Å²) in [6.07, 6.45) is 3.07. The van der Waals surface area contributed by atoms with Gasteiger partial charge in [-0.2, -0.15) is 0 Å². The van der Waals surface area contributed by atoms with Crippen molar-refractivity contribution in [3.8, 4) is 0 Å². The molecule has 0 saturated carbocycles. The molecule has 0 saturated heterocycles. The molecule has 0 atom stereocenters. The maximum absolute atomic E-state index is 11.9. The van der Waals surface area contributed by atoms with Gasteiger partial charge in [-0.3, -0.25) is 9.13 Å². The Balaban J connectivity index is 2.50. The Morgan fingerprint density at radius 3 is 2.65 bits per heavy atom. The Hall–Kier alpha value is -1.55. The van der Waals surface area contributed by atoms with Crippen LogP contribution < -0.4 is 11.4 Å². The fraction of sp³-hybridized carbons (Fsp3) is 0.462. The molecule has 0 aliphatic rings. The summed E-state index contributed by atoms with van der Waals surface area (Å²) in [7, 11) is 3.64. The van der Waals surface area contributed by atoms with Gasteiger partial charge in [0.1, 0.15) is 0 Å². The molecule has 4 nitrogen and oxygen atoms in total. The summed E-state index contributed by atoms with van der Waals surface area (Å²) in [4.78, 5) is 11.9. The number of nitrogens with zero attached hydrogens (tertiary/aromatic N) is 2. The van der Waals surface area contributed by atoms with Crippen LogP contribution >= 0.6 is 0 Å². The first-order valence-electron chi connectivity index (χ1n) is 6.00. The molecule has 4 heteroatoms. The molecule has 2 aromatic rings. The predicted molar refractivity (Wildman–Crippen MR) is 70.2 cm³/mol. The summed E-state index contributed by atoms with van der Waals surface area (Å²) in [5.41, 5.74) is 8.83. The van der Waals surface area contributed by atoms with Crippen LogP contribution in [0.4, 0.5) is 0 Å². The van der Waals surface area contributed by atoms with E-state index in [0.717, 1.165) is 36.8 Å². The molecule has 1 aromatic heterocycles. The fourth-order valence-corrected chi connectivity index (χ4v) is 2.32. The average molecular weight is 233 g/mol. The Morgan fingerprint density at radius 2 is 1.94 bits per heavy atom. The number of aryl methyl sites for hydroxylation is 3. The van der Waals surface area contributed by atoms with Gasteiger partial charge in [0, 0.05) is 14.1 Å². The molecule has 1 aromatic carbocycles. The summed E-state index contributed by atoms with van der Waals surface area (Å²) in [5, 5.41) is 0. The third kappa shape index (κ3) is 2.00. The standard InChI is InChI=1S/C13H19N3O/c1-15-11-8-5-7-10(6-3-4-9-14)12(11)16(2)13(15)17/h5,7-8H,3-4,6,9,14H2,1-2H3. The minimum atomic E-state index is 0.0336. The molecular formula is C13H19N3O. The number of hydrogen-bond acceptors (Lipinski definition) is 2. The maximum atomic E-state index is 11.9. The van der Waals surface area contributed by atoms with E-state index >= 15 is 0 Å². The highest BCUT2D eigenvalue weighted by atomic mass is 16.1. The van der Waals surface area contributed by atoms with E-state index in [9.17, 15) is 4.79 Å². The van der Waals surface area contributed by atoms with Gasteiger partial charge >= 0.3 is 5.69 Å². The summed E-state index contributed by atoms with van der Waals surface area (Å²) in [6, 6.07) is 6.10. The van der Waals surface area contributed by atoms with Crippen molar-refractivity contribution >= 4 is 11.0 Å². The minimum Gasteiger partial charge on any atom is -0.330 e. The molecule has 0 aliphatic heterocycles. The zero-order chi connectivity index (χ0) is 12.4. The second-order valence-electron chi connectivity index (χ2n) is 4.43. The molecule has 0 fully saturated rings. The van der Waals surface area contributed by atoms with Gasteiger partial charge in [0.15, 0.2) is 0 Å². The van der Waals surface area contributed by atoms with Crippen molar-refractivity contribution < 1.29 is 0 Å². The van der Waals surface area contributed by atoms with Crippen LogP contribution in [0.25, 0.3) is 11.0 Å². The van der Waals surface area contributed by atoms with Gasteiger partial charge in [0.25, 0.3) is 0 Å². The van der Waals surface area contributed by atoms with Crippen LogP contribution in [0.3, 0.4) is 0 Å². The minimum absolute atomic E-state index is 0.0336. The van der Waals surface area contributed by atoms with Gasteiger partial charge in [-0.15, -0.1) is 0 Å². The molecule has 1 heterocycles. The molecule has 17 heavy (non-hydrogen) atoms. The molecule has 0 unspecified atom stereocenters. The van der Waals surface area contributed by atoms with E-state index in [1.54, 1.807) is 9.13 Å². The van der Waals surface area contributed by atoms with Crippen LogP contribution in [0.1, 0.15) is 18.4 Å². The van der Waals surface area contributed by atoms with Crippen LogP contribution in [0.2, 0.25) is 0 Å². The van der Waals surface area contributed by atoms with Gasteiger partial charge in [-0.1, -0.05) is 12.1 Å². The maximum Gasteiger partial charge on any atom is 0.328 e. The molecule has 2 N–H and O–H groups in total. The van der Waals surface area contributed by atoms with Crippen molar-refractivity contribution in [2.45, 2.75) is 19.3 Å². The van der Waals surface area contributed by atoms with Crippen LogP contribution in [0.5, 0.6) is 0 Å². The van der Waals surface area contributed by atoms with Gasteiger partial charge in [0.05, 0.1) is 11.0 Å². The van der Waals surface area contributed by atoms with E-state index < -0.39 is 0 Å². The first-order valence-corrected chi connectivity index (χ1v) is 6.00. The van der Waals surface area contributed by atoms with E-state index in [1.165, 1.54) is 5.56 Å². The third-order valence-electron chi connectivity index (χ3n) is 3.27. The number of aromatic nitrogens is 2. The molecule has 0 spiro atoms. The Labute approximate surface area is 101 Å². The smallest absolute Gasteiger partial charge is 0.328 e. The van der Waals surface area contributed by atoms with E-state index in [2.05, 4.69) is 6.07 Å². The van der Waals surface area contributed by atoms with E-state index in [-0.39, 0.29) is 5.69 Å². The lowest BCUT2D eigenvalue weighted by molar-refractivity contribution is 0.743. The largest absolute Gasteiger partial charge is 0.330 e. The van der Waals surface area contributed by atoms with Crippen molar-refractivity contribution in [2.24, 2.45) is 19.8 Å². The van der Waals surface area contributed by atoms with E-state index in [4.69, 9.17) is 5.73 Å². The molecule has 0 aliphatic carbocycles. The van der Waals surface area contributed by atoms with E-state index in [1.807, 2.05) is 26.2 Å². The van der Waals surface area contributed by atoms with Crippen LogP contribution in [-0.4, -0.2) is 15.7 Å². The van der Waals surface area contributed by atoms with Crippen molar-refractivity contribution in [2.75, 3.05) is 6.54 Å². The predicted octanol–water partition coefficient (Wildman–Crippen LogP) is 1.16. The molecule has 92 valence electrons. The van der Waals surface area contributed by atoms with E-state index in [0.29, 0.717) is 0 Å². The lowest BCUT2D eigenvalue weighted by atomic mass is 10.1. The monoisotopic (exact) mass is 233 g/mol. The normalized spacial score (nSPS) is 11.2. The summed E-state index contributed by atoms with van der Waals surface area (Å²) >= 11 is 0. The summed E-state index contributed by atoms with van der Waals surface area (Å²) in [6.45, 7) is 0.726. The van der Waals surface area contributed by atoms with Gasteiger partial charge < -0.3 is 5.73 Å². The number of imidazole rings is 1. The number of para-hydroxylation sites is 1. The van der Waals surface area contributed by atoms with Crippen LogP contribution in [0.15, 0.2) is 23.0 Å². The number of benzene rings is 1. The highest BCUT2D eigenvalue weighted by Gasteiger charge is 2.10. The lowest BCUT2D eigenvalue weighted by Crippen LogP contribution is -2.19. The molecular weight excluding hydrogens is 214 g/mol. The molecule has 0 amide bonds. The summed E-state index contributed by atoms with van der Waals surface area (Å²) in [5.74, 6) is 0. The number of nitrogens with two attached hydrogens (primary N) is 1. The van der Waals surface area contributed by atoms with Gasteiger partial charge in [0.2, 0.25) is 0 Å². The summed E-state index contributed by atoms with van der Waals surface area (Å²) < 4.78 is 3.43. The van der Waals surface area contributed by atoms with Crippen molar-refractivity contribution in [1.29, 1.82) is 0 Å².